The zero-order chi connectivity index (χ0) is 22.6. The van der Waals surface area contributed by atoms with E-state index in [0.717, 1.165) is 0 Å². The molecule has 0 aliphatic heterocycles. The summed E-state index contributed by atoms with van der Waals surface area (Å²) in [5.41, 5.74) is 0.270. The lowest BCUT2D eigenvalue weighted by molar-refractivity contribution is 0.0686. The lowest BCUT2D eigenvalue weighted by Crippen LogP contribution is -2.20. The van der Waals surface area contributed by atoms with Crippen molar-refractivity contribution >= 4 is 35.1 Å². The third-order valence-corrected chi connectivity index (χ3v) is 4.15. The van der Waals surface area contributed by atoms with Crippen LogP contribution in [0.25, 0.3) is 0 Å². The number of benzene rings is 1. The molecule has 0 aliphatic carbocycles. The van der Waals surface area contributed by atoms with E-state index in [1.54, 1.807) is 30.3 Å². The quantitative estimate of drug-likeness (QED) is 0.486. The van der Waals surface area contributed by atoms with Crippen LogP contribution in [0.3, 0.4) is 0 Å². The van der Waals surface area contributed by atoms with Crippen molar-refractivity contribution in [2.75, 3.05) is 16.0 Å². The van der Waals surface area contributed by atoms with E-state index in [0.29, 0.717) is 17.1 Å². The lowest BCUT2D eigenvalue weighted by atomic mass is 9.93. The van der Waals surface area contributed by atoms with E-state index in [2.05, 4.69) is 26.1 Å². The first kappa shape index (κ1) is 21.5. The molecular weight excluding hydrogens is 402 g/mol. The van der Waals surface area contributed by atoms with Gasteiger partial charge in [-0.25, -0.2) is 14.6 Å². The molecule has 3 rings (SSSR count). The lowest BCUT2D eigenvalue weighted by Gasteiger charge is -2.12. The molecule has 0 spiro atoms. The molecule has 10 nitrogen and oxygen atoms in total. The van der Waals surface area contributed by atoms with Crippen molar-refractivity contribution in [1.29, 1.82) is 0 Å². The Morgan fingerprint density at radius 2 is 1.61 bits per heavy atom. The van der Waals surface area contributed by atoms with Crippen molar-refractivity contribution < 1.29 is 24.0 Å². The molecule has 10 heteroatoms. The molecule has 4 N–H and O–H groups in total. The molecule has 0 saturated carbocycles. The summed E-state index contributed by atoms with van der Waals surface area (Å²) in [6, 6.07) is 10.3. The van der Waals surface area contributed by atoms with E-state index in [1.165, 1.54) is 18.3 Å². The third kappa shape index (κ3) is 5.44. The molecule has 3 amide bonds. The van der Waals surface area contributed by atoms with E-state index in [-0.39, 0.29) is 22.5 Å². The minimum Gasteiger partial charge on any atom is -0.476 e. The summed E-state index contributed by atoms with van der Waals surface area (Å²) in [5, 5.41) is 20.8. The normalized spacial score (nSPS) is 10.9. The fraction of sp³-hybridized carbons (Fsp3) is 0.190. The van der Waals surface area contributed by atoms with Gasteiger partial charge in [-0.2, -0.15) is 0 Å². The number of nitrogens with zero attached hydrogens (tertiary/aromatic N) is 2. The number of nitrogens with one attached hydrogen (secondary N) is 3. The van der Waals surface area contributed by atoms with E-state index in [4.69, 9.17) is 9.63 Å². The molecule has 0 atom stereocenters. The number of rotatable bonds is 5. The Morgan fingerprint density at radius 1 is 0.968 bits per heavy atom. The van der Waals surface area contributed by atoms with E-state index >= 15 is 0 Å². The van der Waals surface area contributed by atoms with Crippen molar-refractivity contribution in [3.8, 4) is 0 Å². The van der Waals surface area contributed by atoms with E-state index in [1.807, 2.05) is 20.8 Å². The summed E-state index contributed by atoms with van der Waals surface area (Å²) < 4.78 is 5.22. The molecule has 0 unspecified atom stereocenters. The van der Waals surface area contributed by atoms with Crippen molar-refractivity contribution in [2.24, 2.45) is 0 Å². The summed E-state index contributed by atoms with van der Waals surface area (Å²) in [5.74, 6) is -0.970. The monoisotopic (exact) mass is 423 g/mol. The average Bonchev–Trinajstić information content (AvgIpc) is 3.18. The Hall–Kier alpha value is -4.21. The van der Waals surface area contributed by atoms with Crippen LogP contribution in [0.2, 0.25) is 0 Å². The summed E-state index contributed by atoms with van der Waals surface area (Å²) in [6.07, 6.45) is 1.30. The Labute approximate surface area is 177 Å². The predicted octanol–water partition coefficient (Wildman–Crippen LogP) is 3.96. The second kappa shape index (κ2) is 8.66. The minimum atomic E-state index is -1.29. The van der Waals surface area contributed by atoms with Gasteiger partial charge in [0, 0.05) is 29.1 Å². The number of carboxylic acids is 1. The van der Waals surface area contributed by atoms with Gasteiger partial charge < -0.3 is 20.3 Å². The second-order valence-corrected chi connectivity index (χ2v) is 7.64. The maximum atomic E-state index is 12.4. The van der Waals surface area contributed by atoms with Crippen LogP contribution < -0.4 is 16.0 Å². The van der Waals surface area contributed by atoms with E-state index in [9.17, 15) is 14.4 Å². The summed E-state index contributed by atoms with van der Waals surface area (Å²) in [6.45, 7) is 5.90. The SMILES string of the molecule is CC(C)(C)c1cc(NC(=O)Nc2ccc(NC(=O)c3cccnc3C(=O)O)cc2)no1. The maximum absolute atomic E-state index is 12.4. The van der Waals surface area contributed by atoms with Crippen LogP contribution in [0.1, 0.15) is 47.4 Å². The van der Waals surface area contributed by atoms with Crippen LogP contribution in [-0.2, 0) is 5.41 Å². The van der Waals surface area contributed by atoms with Gasteiger partial charge in [-0.15, -0.1) is 0 Å². The number of hydrogen-bond donors (Lipinski definition) is 4. The predicted molar refractivity (Wildman–Crippen MR) is 113 cm³/mol. The fourth-order valence-electron chi connectivity index (χ4n) is 2.56. The fourth-order valence-corrected chi connectivity index (χ4v) is 2.56. The summed E-state index contributed by atoms with van der Waals surface area (Å²) >= 11 is 0. The van der Waals surface area contributed by atoms with Gasteiger partial charge in [0.25, 0.3) is 5.91 Å². The number of aromatic nitrogens is 2. The summed E-state index contributed by atoms with van der Waals surface area (Å²) in [4.78, 5) is 39.4. The molecule has 31 heavy (non-hydrogen) atoms. The first-order valence-corrected chi connectivity index (χ1v) is 9.28. The van der Waals surface area contributed by atoms with Gasteiger partial charge >= 0.3 is 12.0 Å². The van der Waals surface area contributed by atoms with Gasteiger partial charge in [-0.05, 0) is 36.4 Å². The van der Waals surface area contributed by atoms with Crippen molar-refractivity contribution in [1.82, 2.24) is 10.1 Å². The van der Waals surface area contributed by atoms with Crippen LogP contribution in [0, 0.1) is 0 Å². The number of carbonyl (C=O) groups is 3. The van der Waals surface area contributed by atoms with Gasteiger partial charge in [-0.3, -0.25) is 10.1 Å². The number of hydrogen-bond acceptors (Lipinski definition) is 6. The van der Waals surface area contributed by atoms with Crippen LogP contribution >= 0.6 is 0 Å². The van der Waals surface area contributed by atoms with Crippen LogP contribution in [0.4, 0.5) is 22.0 Å². The topological polar surface area (TPSA) is 146 Å². The molecule has 2 aromatic heterocycles. The zero-order valence-electron chi connectivity index (χ0n) is 17.1. The Morgan fingerprint density at radius 3 is 2.19 bits per heavy atom. The highest BCUT2D eigenvalue weighted by molar-refractivity contribution is 6.10. The molecule has 2 heterocycles. The minimum absolute atomic E-state index is 0.0567. The van der Waals surface area contributed by atoms with Crippen LogP contribution in [0.5, 0.6) is 0 Å². The molecule has 0 saturated heterocycles. The molecule has 0 radical (unpaired) electrons. The van der Waals surface area contributed by atoms with Gasteiger partial charge in [0.15, 0.2) is 11.5 Å². The molecule has 0 bridgehead atoms. The molecule has 3 aromatic rings. The second-order valence-electron chi connectivity index (χ2n) is 7.64. The number of aromatic carboxylic acids is 1. The van der Waals surface area contributed by atoms with Crippen LogP contribution in [-0.4, -0.2) is 33.2 Å². The zero-order valence-corrected chi connectivity index (χ0v) is 17.1. The molecule has 0 aliphatic rings. The first-order chi connectivity index (χ1) is 14.6. The third-order valence-electron chi connectivity index (χ3n) is 4.15. The number of carbonyl (C=O) groups excluding carboxylic acids is 2. The first-order valence-electron chi connectivity index (χ1n) is 9.28. The maximum Gasteiger partial charge on any atom is 0.355 e. The highest BCUT2D eigenvalue weighted by Gasteiger charge is 2.20. The Balaban J connectivity index is 1.60. The highest BCUT2D eigenvalue weighted by atomic mass is 16.5. The molecule has 1 aromatic carbocycles. The number of pyridine rings is 1. The van der Waals surface area contributed by atoms with Crippen molar-refractivity contribution in [2.45, 2.75) is 26.2 Å². The number of carboxylic acid groups (broad SMARTS) is 1. The van der Waals surface area contributed by atoms with Gasteiger partial charge in [-0.1, -0.05) is 25.9 Å². The van der Waals surface area contributed by atoms with Gasteiger partial charge in [0.2, 0.25) is 0 Å². The molecular formula is C21H21N5O5. The number of urea groups is 1. The Bertz CT molecular complexity index is 1120. The largest absolute Gasteiger partial charge is 0.476 e. The van der Waals surface area contributed by atoms with Gasteiger partial charge in [0.05, 0.1) is 5.56 Å². The van der Waals surface area contributed by atoms with Crippen molar-refractivity contribution in [3.63, 3.8) is 0 Å². The highest BCUT2D eigenvalue weighted by Crippen LogP contribution is 2.24. The molecule has 0 fully saturated rings. The Kier molecular flexibility index (Phi) is 6.00. The van der Waals surface area contributed by atoms with Crippen molar-refractivity contribution in [3.05, 3.63) is 65.7 Å². The average molecular weight is 423 g/mol. The number of amides is 3. The van der Waals surface area contributed by atoms with E-state index < -0.39 is 17.9 Å². The smallest absolute Gasteiger partial charge is 0.355 e. The van der Waals surface area contributed by atoms with Gasteiger partial charge in [0.1, 0.15) is 5.76 Å². The summed E-state index contributed by atoms with van der Waals surface area (Å²) in [7, 11) is 0. The van der Waals surface area contributed by atoms with Crippen LogP contribution in [0.15, 0.2) is 53.2 Å². The number of anilines is 3. The molecule has 160 valence electrons. The standard InChI is InChI=1S/C21H21N5O5/c1-21(2,3)15-11-16(26-31-15)25-20(30)24-13-8-6-12(7-9-13)23-18(27)14-5-4-10-22-17(14)19(28)29/h4-11H,1-3H3,(H,23,27)(H,28,29)(H2,24,25,26,30).